The molecule has 8 heteroatoms. The number of rotatable bonds is 2. The molecule has 0 unspecified atom stereocenters. The molecule has 1 aromatic rings. The molecule has 1 saturated heterocycles. The van der Waals surface area contributed by atoms with Gasteiger partial charge in [0.1, 0.15) is 11.4 Å². The van der Waals surface area contributed by atoms with Crippen LogP contribution >= 0.6 is 0 Å². The number of hydrogen-bond donors (Lipinski definition) is 0. The van der Waals surface area contributed by atoms with Crippen molar-refractivity contribution in [1.29, 1.82) is 0 Å². The highest BCUT2D eigenvalue weighted by Gasteiger charge is 2.34. The molecular weight excluding hydrogens is 354 g/mol. The SMILES string of the molecule is CC(C)(C)OC(=O)N1CCC(C(=O)c2cc(C(F)(F)F)ccc2F)CC1. The summed E-state index contributed by atoms with van der Waals surface area (Å²) in [5.41, 5.74) is -2.27. The van der Waals surface area contributed by atoms with Gasteiger partial charge in [0.15, 0.2) is 5.78 Å². The van der Waals surface area contributed by atoms with Crippen molar-refractivity contribution in [3.63, 3.8) is 0 Å². The van der Waals surface area contributed by atoms with Crippen LogP contribution in [0.15, 0.2) is 18.2 Å². The van der Waals surface area contributed by atoms with E-state index in [4.69, 9.17) is 4.74 Å². The number of halogens is 4. The topological polar surface area (TPSA) is 46.6 Å². The van der Waals surface area contributed by atoms with E-state index in [9.17, 15) is 27.2 Å². The lowest BCUT2D eigenvalue weighted by atomic mass is 9.88. The Balaban J connectivity index is 2.06. The summed E-state index contributed by atoms with van der Waals surface area (Å²) in [6.45, 7) is 5.66. The third-order valence-electron chi connectivity index (χ3n) is 4.08. The summed E-state index contributed by atoms with van der Waals surface area (Å²) in [5, 5.41) is 0. The van der Waals surface area contributed by atoms with Crippen molar-refractivity contribution in [3.05, 3.63) is 35.1 Å². The molecule has 0 radical (unpaired) electrons. The molecule has 144 valence electrons. The van der Waals surface area contributed by atoms with Gasteiger partial charge < -0.3 is 9.64 Å². The van der Waals surface area contributed by atoms with Gasteiger partial charge >= 0.3 is 12.3 Å². The number of hydrogen-bond acceptors (Lipinski definition) is 3. The zero-order chi connectivity index (χ0) is 19.7. The first-order chi connectivity index (χ1) is 11.9. The average Bonchev–Trinajstić information content (AvgIpc) is 2.52. The molecule has 4 nitrogen and oxygen atoms in total. The maximum absolute atomic E-state index is 13.9. The van der Waals surface area contributed by atoms with Crippen LogP contribution in [0.4, 0.5) is 22.4 Å². The van der Waals surface area contributed by atoms with Crippen LogP contribution in [0, 0.1) is 11.7 Å². The predicted octanol–water partition coefficient (Wildman–Crippen LogP) is 4.67. The Kier molecular flexibility index (Phi) is 5.63. The number of ether oxygens (including phenoxy) is 1. The molecule has 1 fully saturated rings. The van der Waals surface area contributed by atoms with Crippen molar-refractivity contribution in [2.45, 2.75) is 45.4 Å². The van der Waals surface area contributed by atoms with E-state index in [2.05, 4.69) is 0 Å². The van der Waals surface area contributed by atoms with Gasteiger partial charge in [-0.15, -0.1) is 0 Å². The molecule has 1 amide bonds. The zero-order valence-corrected chi connectivity index (χ0v) is 14.8. The van der Waals surface area contributed by atoms with Crippen molar-refractivity contribution in [2.24, 2.45) is 5.92 Å². The molecule has 2 rings (SSSR count). The quantitative estimate of drug-likeness (QED) is 0.557. The van der Waals surface area contributed by atoms with Crippen LogP contribution in [-0.2, 0) is 10.9 Å². The van der Waals surface area contributed by atoms with Gasteiger partial charge in [-0.1, -0.05) is 0 Å². The Bertz CT molecular complexity index is 687. The molecule has 0 spiro atoms. The Hall–Kier alpha value is -2.12. The lowest BCUT2D eigenvalue weighted by Gasteiger charge is -2.33. The fourth-order valence-corrected chi connectivity index (χ4v) is 2.76. The third-order valence-corrected chi connectivity index (χ3v) is 4.08. The van der Waals surface area contributed by atoms with Gasteiger partial charge in [-0.25, -0.2) is 9.18 Å². The largest absolute Gasteiger partial charge is 0.444 e. The Morgan fingerprint density at radius 1 is 1.12 bits per heavy atom. The summed E-state index contributed by atoms with van der Waals surface area (Å²) in [7, 11) is 0. The summed E-state index contributed by atoms with van der Waals surface area (Å²) < 4.78 is 57.5. The highest BCUT2D eigenvalue weighted by Crippen LogP contribution is 2.32. The van der Waals surface area contributed by atoms with Gasteiger partial charge in [-0.2, -0.15) is 13.2 Å². The number of benzene rings is 1. The summed E-state index contributed by atoms with van der Waals surface area (Å²) >= 11 is 0. The smallest absolute Gasteiger partial charge is 0.416 e. The van der Waals surface area contributed by atoms with E-state index in [1.165, 1.54) is 4.90 Å². The molecule has 0 saturated carbocycles. The number of amides is 1. The first-order valence-corrected chi connectivity index (χ1v) is 8.27. The summed E-state index contributed by atoms with van der Waals surface area (Å²) in [4.78, 5) is 25.9. The number of nitrogens with zero attached hydrogens (tertiary/aromatic N) is 1. The molecule has 1 aromatic carbocycles. The minimum absolute atomic E-state index is 0.228. The van der Waals surface area contributed by atoms with Crippen LogP contribution in [0.5, 0.6) is 0 Å². The van der Waals surface area contributed by atoms with Gasteiger partial charge in [0.05, 0.1) is 11.1 Å². The first-order valence-electron chi connectivity index (χ1n) is 8.27. The van der Waals surface area contributed by atoms with Gasteiger partial charge in [-0.05, 0) is 51.8 Å². The second-order valence-electron chi connectivity index (χ2n) is 7.30. The Labute approximate surface area is 149 Å². The molecule has 1 aliphatic heterocycles. The summed E-state index contributed by atoms with van der Waals surface area (Å²) in [6, 6.07) is 1.82. The fraction of sp³-hybridized carbons (Fsp3) is 0.556. The summed E-state index contributed by atoms with van der Waals surface area (Å²) in [6.07, 6.45) is -4.67. The van der Waals surface area contributed by atoms with Crippen molar-refractivity contribution in [3.8, 4) is 0 Å². The molecule has 0 aromatic heterocycles. The van der Waals surface area contributed by atoms with E-state index in [1.807, 2.05) is 0 Å². The maximum atomic E-state index is 13.9. The molecule has 0 bridgehead atoms. The van der Waals surface area contributed by atoms with Crippen molar-refractivity contribution in [1.82, 2.24) is 4.90 Å². The van der Waals surface area contributed by atoms with E-state index in [0.717, 1.165) is 0 Å². The number of likely N-dealkylation sites (tertiary alicyclic amines) is 1. The molecule has 26 heavy (non-hydrogen) atoms. The number of carbonyl (C=O) groups excluding carboxylic acids is 2. The number of Topliss-reactive ketones (excluding diaryl/α,β-unsaturated/α-hetero) is 1. The molecular formula is C18H21F4NO3. The molecule has 1 heterocycles. The van der Waals surface area contributed by atoms with Crippen molar-refractivity contribution < 1.29 is 31.9 Å². The van der Waals surface area contributed by atoms with Gasteiger partial charge in [0.25, 0.3) is 0 Å². The monoisotopic (exact) mass is 375 g/mol. The van der Waals surface area contributed by atoms with E-state index in [0.29, 0.717) is 18.2 Å². The molecule has 0 atom stereocenters. The summed E-state index contributed by atoms with van der Waals surface area (Å²) in [5.74, 6) is -2.28. The Morgan fingerprint density at radius 3 is 2.19 bits per heavy atom. The zero-order valence-electron chi connectivity index (χ0n) is 14.8. The van der Waals surface area contributed by atoms with E-state index in [1.54, 1.807) is 20.8 Å². The lowest BCUT2D eigenvalue weighted by molar-refractivity contribution is -0.137. The molecule has 0 aliphatic carbocycles. The van der Waals surface area contributed by atoms with Crippen molar-refractivity contribution >= 4 is 11.9 Å². The predicted molar refractivity (Wildman–Crippen MR) is 86.3 cm³/mol. The molecule has 0 N–H and O–H groups in total. The second kappa shape index (κ2) is 7.25. The van der Waals surface area contributed by atoms with Crippen LogP contribution in [0.2, 0.25) is 0 Å². The van der Waals surface area contributed by atoms with Gasteiger partial charge in [-0.3, -0.25) is 4.79 Å². The number of ketones is 1. The van der Waals surface area contributed by atoms with Crippen LogP contribution in [0.1, 0.15) is 49.5 Å². The third kappa shape index (κ3) is 4.95. The minimum Gasteiger partial charge on any atom is -0.444 e. The van der Waals surface area contributed by atoms with Gasteiger partial charge in [0.2, 0.25) is 0 Å². The second-order valence-corrected chi connectivity index (χ2v) is 7.30. The standard InChI is InChI=1S/C18H21F4NO3/c1-17(2,3)26-16(25)23-8-6-11(7-9-23)15(24)13-10-12(18(20,21)22)4-5-14(13)19/h4-5,10-11H,6-9H2,1-3H3. The number of alkyl halides is 3. The number of piperidine rings is 1. The van der Waals surface area contributed by atoms with Crippen LogP contribution in [0.3, 0.4) is 0 Å². The van der Waals surface area contributed by atoms with Crippen LogP contribution < -0.4 is 0 Å². The number of carbonyl (C=O) groups is 2. The minimum atomic E-state index is -4.65. The van der Waals surface area contributed by atoms with Crippen LogP contribution in [-0.4, -0.2) is 35.5 Å². The normalized spacial score (nSPS) is 16.5. The lowest BCUT2D eigenvalue weighted by Crippen LogP contribution is -2.43. The van der Waals surface area contributed by atoms with E-state index < -0.39 is 46.5 Å². The van der Waals surface area contributed by atoms with E-state index in [-0.39, 0.29) is 25.9 Å². The maximum Gasteiger partial charge on any atom is 0.416 e. The first kappa shape index (κ1) is 20.2. The molecule has 1 aliphatic rings. The van der Waals surface area contributed by atoms with Crippen molar-refractivity contribution in [2.75, 3.05) is 13.1 Å². The fourth-order valence-electron chi connectivity index (χ4n) is 2.76. The van der Waals surface area contributed by atoms with E-state index >= 15 is 0 Å². The highest BCUT2D eigenvalue weighted by atomic mass is 19.4. The Morgan fingerprint density at radius 2 is 1.69 bits per heavy atom. The highest BCUT2D eigenvalue weighted by molar-refractivity contribution is 5.98. The van der Waals surface area contributed by atoms with Gasteiger partial charge in [0, 0.05) is 19.0 Å². The average molecular weight is 375 g/mol. The van der Waals surface area contributed by atoms with Crippen LogP contribution in [0.25, 0.3) is 0 Å².